The summed E-state index contributed by atoms with van der Waals surface area (Å²) in [4.78, 5) is 11.7. The standard InChI is InChI=1S/C15H18F3O3/c1-2-6-12(19)9-10-13(15(16,17)18)21-14(20)11-7-4-3-5-8-11/h4-5,7-8,12-13,19H,2,6,9-10H2,1H3. The number of esters is 1. The average Bonchev–Trinajstić information content (AvgIpc) is 2.43. The van der Waals surface area contributed by atoms with E-state index in [1.807, 2.05) is 6.92 Å². The van der Waals surface area contributed by atoms with Crippen LogP contribution in [0.4, 0.5) is 13.2 Å². The summed E-state index contributed by atoms with van der Waals surface area (Å²) in [6.07, 6.45) is -7.08. The smallest absolute Gasteiger partial charge is 0.425 e. The molecule has 0 saturated carbocycles. The lowest BCUT2D eigenvalue weighted by atomic mass is 10.1. The van der Waals surface area contributed by atoms with Crippen molar-refractivity contribution in [2.45, 2.75) is 51.0 Å². The first-order valence-corrected chi connectivity index (χ1v) is 6.76. The van der Waals surface area contributed by atoms with E-state index in [1.54, 1.807) is 0 Å². The van der Waals surface area contributed by atoms with Crippen LogP contribution in [-0.4, -0.2) is 29.5 Å². The third-order valence-corrected chi connectivity index (χ3v) is 2.95. The van der Waals surface area contributed by atoms with Crippen molar-refractivity contribution in [3.63, 3.8) is 0 Å². The van der Waals surface area contributed by atoms with Crippen LogP contribution in [0.5, 0.6) is 0 Å². The minimum atomic E-state index is -4.65. The molecule has 2 unspecified atom stereocenters. The number of halogens is 3. The van der Waals surface area contributed by atoms with Crippen molar-refractivity contribution in [3.05, 3.63) is 35.9 Å². The molecule has 1 N–H and O–H groups in total. The van der Waals surface area contributed by atoms with Crippen LogP contribution in [0.3, 0.4) is 0 Å². The zero-order valence-electron chi connectivity index (χ0n) is 11.7. The number of aliphatic hydroxyl groups is 1. The highest BCUT2D eigenvalue weighted by molar-refractivity contribution is 5.89. The van der Waals surface area contributed by atoms with E-state index >= 15 is 0 Å². The van der Waals surface area contributed by atoms with E-state index < -0.39 is 30.8 Å². The van der Waals surface area contributed by atoms with Gasteiger partial charge in [-0.1, -0.05) is 25.5 Å². The number of rotatable bonds is 7. The highest BCUT2D eigenvalue weighted by atomic mass is 19.4. The fourth-order valence-corrected chi connectivity index (χ4v) is 1.83. The van der Waals surface area contributed by atoms with Crippen molar-refractivity contribution in [1.82, 2.24) is 0 Å². The van der Waals surface area contributed by atoms with Gasteiger partial charge in [-0.25, -0.2) is 4.79 Å². The molecule has 1 aromatic rings. The number of carbonyl (C=O) groups is 1. The monoisotopic (exact) mass is 303 g/mol. The number of alkyl halides is 3. The Balaban J connectivity index is 2.64. The molecule has 3 nitrogen and oxygen atoms in total. The molecule has 0 aliphatic carbocycles. The van der Waals surface area contributed by atoms with Gasteiger partial charge in [-0.3, -0.25) is 0 Å². The summed E-state index contributed by atoms with van der Waals surface area (Å²) >= 11 is 0. The van der Waals surface area contributed by atoms with Crippen LogP contribution in [0.2, 0.25) is 0 Å². The predicted molar refractivity (Wildman–Crippen MR) is 70.7 cm³/mol. The molecule has 21 heavy (non-hydrogen) atoms. The first kappa shape index (κ1) is 17.5. The Labute approximate surface area is 121 Å². The van der Waals surface area contributed by atoms with Crippen LogP contribution >= 0.6 is 0 Å². The fourth-order valence-electron chi connectivity index (χ4n) is 1.83. The molecule has 0 saturated heterocycles. The van der Waals surface area contributed by atoms with E-state index in [1.165, 1.54) is 24.3 Å². The molecule has 117 valence electrons. The minimum Gasteiger partial charge on any atom is -0.449 e. The van der Waals surface area contributed by atoms with Gasteiger partial charge in [0.2, 0.25) is 0 Å². The van der Waals surface area contributed by atoms with Gasteiger partial charge in [0, 0.05) is 0 Å². The molecule has 0 amide bonds. The lowest BCUT2D eigenvalue weighted by molar-refractivity contribution is -0.207. The van der Waals surface area contributed by atoms with E-state index in [4.69, 9.17) is 0 Å². The van der Waals surface area contributed by atoms with Crippen LogP contribution in [0.25, 0.3) is 0 Å². The Kier molecular flexibility index (Phi) is 6.68. The highest BCUT2D eigenvalue weighted by Crippen LogP contribution is 2.28. The summed E-state index contributed by atoms with van der Waals surface area (Å²) in [6.45, 7) is 1.83. The molecule has 2 atom stereocenters. The van der Waals surface area contributed by atoms with Crippen molar-refractivity contribution >= 4 is 5.97 Å². The van der Waals surface area contributed by atoms with Crippen LogP contribution in [0.15, 0.2) is 24.3 Å². The van der Waals surface area contributed by atoms with Gasteiger partial charge in [0.05, 0.1) is 11.7 Å². The number of ether oxygens (including phenoxy) is 1. The maximum atomic E-state index is 12.9. The van der Waals surface area contributed by atoms with E-state index in [2.05, 4.69) is 10.8 Å². The molecule has 1 radical (unpaired) electrons. The largest absolute Gasteiger partial charge is 0.449 e. The zero-order chi connectivity index (χ0) is 15.9. The van der Waals surface area contributed by atoms with Crippen LogP contribution in [0.1, 0.15) is 43.0 Å². The molecular weight excluding hydrogens is 285 g/mol. The minimum absolute atomic E-state index is 0.0390. The summed E-state index contributed by atoms with van der Waals surface area (Å²) in [5.41, 5.74) is 0.0390. The molecule has 1 rings (SSSR count). The Morgan fingerprint density at radius 2 is 1.90 bits per heavy atom. The first-order chi connectivity index (χ1) is 9.84. The average molecular weight is 303 g/mol. The third-order valence-electron chi connectivity index (χ3n) is 2.95. The maximum Gasteiger partial charge on any atom is 0.425 e. The number of hydrogen-bond acceptors (Lipinski definition) is 3. The SMILES string of the molecule is CCCC(O)CCC(OC(=O)c1cc[c]cc1)C(F)(F)F. The molecule has 0 heterocycles. The second-order valence-electron chi connectivity index (χ2n) is 4.74. The summed E-state index contributed by atoms with van der Waals surface area (Å²) in [7, 11) is 0. The van der Waals surface area contributed by atoms with Gasteiger partial charge in [-0.15, -0.1) is 0 Å². The molecule has 0 aliphatic heterocycles. The zero-order valence-corrected chi connectivity index (χ0v) is 11.7. The Bertz CT molecular complexity index is 432. The fraction of sp³-hybridized carbons (Fsp3) is 0.533. The Morgan fingerprint density at radius 3 is 2.43 bits per heavy atom. The van der Waals surface area contributed by atoms with Crippen molar-refractivity contribution in [3.8, 4) is 0 Å². The van der Waals surface area contributed by atoms with Crippen molar-refractivity contribution in [2.24, 2.45) is 0 Å². The quantitative estimate of drug-likeness (QED) is 0.784. The van der Waals surface area contributed by atoms with Gasteiger partial charge in [0.1, 0.15) is 0 Å². The lowest BCUT2D eigenvalue weighted by Crippen LogP contribution is -2.34. The van der Waals surface area contributed by atoms with Crippen molar-refractivity contribution < 1.29 is 27.8 Å². The second kappa shape index (κ2) is 8.02. The topological polar surface area (TPSA) is 46.5 Å². The Morgan fingerprint density at radius 1 is 1.29 bits per heavy atom. The number of hydrogen-bond donors (Lipinski definition) is 1. The van der Waals surface area contributed by atoms with Crippen molar-refractivity contribution in [1.29, 1.82) is 0 Å². The van der Waals surface area contributed by atoms with Gasteiger partial charge in [0.25, 0.3) is 0 Å². The molecule has 1 aromatic carbocycles. The number of carbonyl (C=O) groups excluding carboxylic acids is 1. The molecule has 0 aromatic heterocycles. The van der Waals surface area contributed by atoms with Gasteiger partial charge in [-0.2, -0.15) is 13.2 Å². The van der Waals surface area contributed by atoms with Gasteiger partial charge in [-0.05, 0) is 37.5 Å². The first-order valence-electron chi connectivity index (χ1n) is 6.76. The van der Waals surface area contributed by atoms with E-state index in [0.29, 0.717) is 12.8 Å². The van der Waals surface area contributed by atoms with Crippen LogP contribution < -0.4 is 0 Å². The molecule has 0 aliphatic rings. The molecule has 0 bridgehead atoms. The lowest BCUT2D eigenvalue weighted by Gasteiger charge is -2.21. The normalized spacial score (nSPS) is 14.5. The number of aliphatic hydroxyl groups excluding tert-OH is 1. The Hall–Kier alpha value is -1.56. The molecule has 0 fully saturated rings. The molecular formula is C15H18F3O3. The van der Waals surface area contributed by atoms with E-state index in [-0.39, 0.29) is 12.0 Å². The van der Waals surface area contributed by atoms with Gasteiger partial charge >= 0.3 is 12.1 Å². The second-order valence-corrected chi connectivity index (χ2v) is 4.74. The third kappa shape index (κ3) is 6.16. The molecule has 6 heteroatoms. The summed E-state index contributed by atoms with van der Waals surface area (Å²) in [5.74, 6) is -1.03. The van der Waals surface area contributed by atoms with Crippen LogP contribution in [0, 0.1) is 6.07 Å². The highest BCUT2D eigenvalue weighted by Gasteiger charge is 2.42. The van der Waals surface area contributed by atoms with Gasteiger partial charge < -0.3 is 9.84 Å². The number of benzene rings is 1. The maximum absolute atomic E-state index is 12.9. The summed E-state index contributed by atoms with van der Waals surface area (Å²) in [5, 5.41) is 9.50. The molecule has 0 spiro atoms. The summed E-state index contributed by atoms with van der Waals surface area (Å²) < 4.78 is 43.1. The summed E-state index contributed by atoms with van der Waals surface area (Å²) in [6, 6.07) is 8.17. The van der Waals surface area contributed by atoms with Crippen molar-refractivity contribution in [2.75, 3.05) is 0 Å². The van der Waals surface area contributed by atoms with Gasteiger partial charge in [0.15, 0.2) is 6.10 Å². The van der Waals surface area contributed by atoms with Crippen LogP contribution in [-0.2, 0) is 4.74 Å². The van der Waals surface area contributed by atoms with E-state index in [0.717, 1.165) is 0 Å². The predicted octanol–water partition coefficient (Wildman–Crippen LogP) is 3.52. The van der Waals surface area contributed by atoms with E-state index in [9.17, 15) is 23.1 Å².